The summed E-state index contributed by atoms with van der Waals surface area (Å²) in [7, 11) is 0. The van der Waals surface area contributed by atoms with Crippen LogP contribution >= 0.6 is 0 Å². The molecule has 2 unspecified atom stereocenters. The highest BCUT2D eigenvalue weighted by atomic mass is 16.5. The summed E-state index contributed by atoms with van der Waals surface area (Å²) >= 11 is 0. The van der Waals surface area contributed by atoms with E-state index in [0.717, 1.165) is 19.3 Å². The molecule has 0 amide bonds. The molecule has 1 heterocycles. The van der Waals surface area contributed by atoms with Crippen molar-refractivity contribution in [2.24, 2.45) is 11.8 Å². The summed E-state index contributed by atoms with van der Waals surface area (Å²) < 4.78 is 11.3. The summed E-state index contributed by atoms with van der Waals surface area (Å²) in [6.07, 6.45) is 4.35. The molecule has 2 N–H and O–H groups in total. The quantitative estimate of drug-likeness (QED) is 0.892. The van der Waals surface area contributed by atoms with Gasteiger partial charge >= 0.3 is 12.0 Å². The number of nitrogens with zero attached hydrogens (tertiary/aromatic N) is 3. The summed E-state index contributed by atoms with van der Waals surface area (Å²) in [5.41, 5.74) is 5.67. The number of aromatic nitrogens is 3. The highest BCUT2D eigenvalue weighted by molar-refractivity contribution is 5.20. The van der Waals surface area contributed by atoms with E-state index in [1.165, 1.54) is 6.42 Å². The third kappa shape index (κ3) is 4.21. The van der Waals surface area contributed by atoms with Crippen LogP contribution in [0.3, 0.4) is 0 Å². The normalized spacial score (nSPS) is 26.2. The second-order valence-corrected chi connectivity index (χ2v) is 5.76. The van der Waals surface area contributed by atoms with Gasteiger partial charge in [0.15, 0.2) is 0 Å². The lowest BCUT2D eigenvalue weighted by Crippen LogP contribution is -2.29. The molecule has 6 nitrogen and oxygen atoms in total. The first kappa shape index (κ1) is 14.8. The van der Waals surface area contributed by atoms with E-state index in [-0.39, 0.29) is 24.1 Å². The van der Waals surface area contributed by atoms with Crippen molar-refractivity contribution in [1.29, 1.82) is 0 Å². The Kier molecular flexibility index (Phi) is 4.98. The first-order valence-corrected chi connectivity index (χ1v) is 7.37. The van der Waals surface area contributed by atoms with Crippen LogP contribution in [0.4, 0.5) is 5.95 Å². The van der Waals surface area contributed by atoms with Crippen LogP contribution in [0, 0.1) is 11.8 Å². The lowest BCUT2D eigenvalue weighted by molar-refractivity contribution is 0.0907. The van der Waals surface area contributed by atoms with Gasteiger partial charge in [0.2, 0.25) is 5.95 Å². The van der Waals surface area contributed by atoms with Crippen molar-refractivity contribution in [2.45, 2.75) is 52.6 Å². The van der Waals surface area contributed by atoms with Gasteiger partial charge in [0.25, 0.3) is 0 Å². The maximum absolute atomic E-state index is 5.88. The lowest BCUT2D eigenvalue weighted by Gasteiger charge is -2.30. The Hall–Kier alpha value is -1.59. The number of ether oxygens (including phenoxy) is 2. The van der Waals surface area contributed by atoms with Crippen LogP contribution in [0.5, 0.6) is 12.0 Å². The minimum Gasteiger partial charge on any atom is -0.463 e. The summed E-state index contributed by atoms with van der Waals surface area (Å²) in [6, 6.07) is 0.515. The van der Waals surface area contributed by atoms with Crippen LogP contribution in [-0.2, 0) is 0 Å². The molecule has 2 atom stereocenters. The zero-order valence-electron chi connectivity index (χ0n) is 12.5. The number of rotatable bonds is 5. The number of hydrogen-bond acceptors (Lipinski definition) is 6. The molecular formula is C14H24N4O2. The van der Waals surface area contributed by atoms with Crippen LogP contribution in [0.1, 0.15) is 46.5 Å². The first-order chi connectivity index (χ1) is 9.56. The van der Waals surface area contributed by atoms with Crippen molar-refractivity contribution in [3.63, 3.8) is 0 Å². The molecule has 0 aromatic carbocycles. The fourth-order valence-corrected chi connectivity index (χ4v) is 2.78. The van der Waals surface area contributed by atoms with Gasteiger partial charge in [0.1, 0.15) is 6.10 Å². The van der Waals surface area contributed by atoms with E-state index >= 15 is 0 Å². The number of anilines is 1. The predicted octanol–water partition coefficient (Wildman–Crippen LogP) is 2.45. The Balaban J connectivity index is 2.02. The third-order valence-corrected chi connectivity index (χ3v) is 3.45. The number of nitrogen functional groups attached to an aromatic ring is 1. The summed E-state index contributed by atoms with van der Waals surface area (Å²) in [4.78, 5) is 12.2. The van der Waals surface area contributed by atoms with Crippen molar-refractivity contribution >= 4 is 5.95 Å². The molecule has 1 aromatic rings. The van der Waals surface area contributed by atoms with Crippen molar-refractivity contribution < 1.29 is 9.47 Å². The highest BCUT2D eigenvalue weighted by Gasteiger charge is 2.26. The van der Waals surface area contributed by atoms with Crippen molar-refractivity contribution in [3.8, 4) is 12.0 Å². The van der Waals surface area contributed by atoms with Crippen molar-refractivity contribution in [2.75, 3.05) is 12.3 Å². The van der Waals surface area contributed by atoms with Gasteiger partial charge in [0, 0.05) is 0 Å². The Morgan fingerprint density at radius 3 is 2.35 bits per heavy atom. The largest absolute Gasteiger partial charge is 0.463 e. The van der Waals surface area contributed by atoms with Crippen LogP contribution in [-0.4, -0.2) is 27.7 Å². The van der Waals surface area contributed by atoms with Gasteiger partial charge in [-0.15, -0.1) is 4.98 Å². The van der Waals surface area contributed by atoms with Crippen LogP contribution in [0.2, 0.25) is 0 Å². The van der Waals surface area contributed by atoms with Crippen molar-refractivity contribution in [3.05, 3.63) is 0 Å². The Labute approximate surface area is 120 Å². The molecule has 1 aromatic heterocycles. The summed E-state index contributed by atoms with van der Waals surface area (Å²) in [5.74, 6) is 1.47. The molecule has 0 radical (unpaired) electrons. The Bertz CT molecular complexity index is 431. The molecule has 1 aliphatic carbocycles. The standard InChI is InChI=1S/C14H24N4O2/c1-4-5-19-13-16-12(15)17-14(18-13)20-11-7-9(2)6-10(3)8-11/h9-11H,4-8H2,1-3H3,(H2,15,16,17,18). The van der Waals surface area contributed by atoms with Crippen LogP contribution in [0.15, 0.2) is 0 Å². The average Bonchev–Trinajstić information content (AvgIpc) is 2.34. The SMILES string of the molecule is CCCOc1nc(N)nc(OC2CC(C)CC(C)C2)n1. The number of hydrogen-bond donors (Lipinski definition) is 1. The van der Waals surface area contributed by atoms with E-state index in [1.807, 2.05) is 6.92 Å². The Morgan fingerprint density at radius 1 is 1.05 bits per heavy atom. The summed E-state index contributed by atoms with van der Waals surface area (Å²) in [5, 5.41) is 0. The second-order valence-electron chi connectivity index (χ2n) is 5.76. The van der Waals surface area contributed by atoms with Gasteiger partial charge in [-0.3, -0.25) is 0 Å². The molecule has 1 fully saturated rings. The maximum atomic E-state index is 5.88. The van der Waals surface area contributed by atoms with E-state index in [0.29, 0.717) is 18.4 Å². The predicted molar refractivity (Wildman–Crippen MR) is 76.6 cm³/mol. The lowest BCUT2D eigenvalue weighted by atomic mass is 9.82. The van der Waals surface area contributed by atoms with E-state index in [4.69, 9.17) is 15.2 Å². The first-order valence-electron chi connectivity index (χ1n) is 7.37. The van der Waals surface area contributed by atoms with Crippen LogP contribution < -0.4 is 15.2 Å². The zero-order chi connectivity index (χ0) is 14.5. The van der Waals surface area contributed by atoms with Crippen LogP contribution in [0.25, 0.3) is 0 Å². The van der Waals surface area contributed by atoms with Gasteiger partial charge in [-0.1, -0.05) is 20.8 Å². The minimum absolute atomic E-state index is 0.137. The van der Waals surface area contributed by atoms with Gasteiger partial charge in [-0.2, -0.15) is 9.97 Å². The second kappa shape index (κ2) is 6.72. The molecule has 1 aliphatic rings. The van der Waals surface area contributed by atoms with Crippen molar-refractivity contribution in [1.82, 2.24) is 15.0 Å². The molecule has 1 saturated carbocycles. The molecular weight excluding hydrogens is 256 g/mol. The van der Waals surface area contributed by atoms with E-state index in [9.17, 15) is 0 Å². The molecule has 112 valence electrons. The molecule has 0 bridgehead atoms. The van der Waals surface area contributed by atoms with E-state index in [1.54, 1.807) is 0 Å². The molecule has 0 saturated heterocycles. The number of nitrogens with two attached hydrogens (primary N) is 1. The minimum atomic E-state index is 0.137. The smallest absolute Gasteiger partial charge is 0.324 e. The van der Waals surface area contributed by atoms with Gasteiger partial charge in [-0.05, 0) is 37.5 Å². The highest BCUT2D eigenvalue weighted by Crippen LogP contribution is 2.30. The fraction of sp³-hybridized carbons (Fsp3) is 0.786. The monoisotopic (exact) mass is 280 g/mol. The molecule has 20 heavy (non-hydrogen) atoms. The maximum Gasteiger partial charge on any atom is 0.324 e. The third-order valence-electron chi connectivity index (χ3n) is 3.45. The molecule has 0 spiro atoms. The van der Waals surface area contributed by atoms with E-state index in [2.05, 4.69) is 28.8 Å². The molecule has 0 aliphatic heterocycles. The van der Waals surface area contributed by atoms with Gasteiger partial charge in [0.05, 0.1) is 6.61 Å². The molecule has 2 rings (SSSR count). The zero-order valence-corrected chi connectivity index (χ0v) is 12.5. The molecule has 6 heteroatoms. The Morgan fingerprint density at radius 2 is 1.70 bits per heavy atom. The fourth-order valence-electron chi connectivity index (χ4n) is 2.78. The summed E-state index contributed by atoms with van der Waals surface area (Å²) in [6.45, 7) is 7.08. The van der Waals surface area contributed by atoms with Gasteiger partial charge < -0.3 is 15.2 Å². The van der Waals surface area contributed by atoms with Gasteiger partial charge in [-0.25, -0.2) is 0 Å². The average molecular weight is 280 g/mol. The van der Waals surface area contributed by atoms with E-state index < -0.39 is 0 Å². The topological polar surface area (TPSA) is 83.2 Å².